The van der Waals surface area contributed by atoms with Crippen molar-refractivity contribution in [3.05, 3.63) is 35.9 Å². The lowest BCUT2D eigenvalue weighted by Gasteiger charge is -2.29. The number of rotatable bonds is 9. The minimum Gasteiger partial charge on any atom is -0.481 e. The predicted octanol–water partition coefficient (Wildman–Crippen LogP) is 3.36. The molecule has 19 heavy (non-hydrogen) atoms. The second kappa shape index (κ2) is 7.95. The van der Waals surface area contributed by atoms with Gasteiger partial charge in [-0.1, -0.05) is 56.5 Å². The maximum atomic E-state index is 11.7. The van der Waals surface area contributed by atoms with Crippen molar-refractivity contribution in [1.82, 2.24) is 0 Å². The molecule has 0 aliphatic heterocycles. The van der Waals surface area contributed by atoms with Crippen LogP contribution in [0.25, 0.3) is 0 Å². The number of unbranched alkanes of at least 4 members (excludes halogenated alkanes) is 3. The normalized spacial score (nSPS) is 14.0. The number of hydrogen-bond acceptors (Lipinski definition) is 2. The van der Waals surface area contributed by atoms with Crippen LogP contribution in [0.15, 0.2) is 30.3 Å². The van der Waals surface area contributed by atoms with Gasteiger partial charge >= 0.3 is 5.97 Å². The van der Waals surface area contributed by atoms with E-state index < -0.39 is 11.4 Å². The third-order valence-electron chi connectivity index (χ3n) is 3.85. The average molecular weight is 264 g/mol. The van der Waals surface area contributed by atoms with E-state index in [1.807, 2.05) is 37.3 Å². The Morgan fingerprint density at radius 1 is 1.11 bits per heavy atom. The van der Waals surface area contributed by atoms with Crippen LogP contribution in [-0.2, 0) is 10.2 Å². The maximum absolute atomic E-state index is 11.7. The molecule has 0 heterocycles. The largest absolute Gasteiger partial charge is 0.481 e. The van der Waals surface area contributed by atoms with Crippen LogP contribution in [0.3, 0.4) is 0 Å². The van der Waals surface area contributed by atoms with Gasteiger partial charge in [-0.25, -0.2) is 0 Å². The smallest absolute Gasteiger partial charge is 0.314 e. The van der Waals surface area contributed by atoms with Gasteiger partial charge in [-0.2, -0.15) is 0 Å². The summed E-state index contributed by atoms with van der Waals surface area (Å²) < 4.78 is 0. The van der Waals surface area contributed by atoms with Crippen LogP contribution >= 0.6 is 0 Å². The van der Waals surface area contributed by atoms with Gasteiger partial charge in [0.2, 0.25) is 0 Å². The molecule has 3 heteroatoms. The van der Waals surface area contributed by atoms with Gasteiger partial charge in [0.15, 0.2) is 0 Å². The number of carbonyl (C=O) groups is 1. The van der Waals surface area contributed by atoms with Crippen molar-refractivity contribution in [2.24, 2.45) is 0 Å². The van der Waals surface area contributed by atoms with E-state index in [1.54, 1.807) is 0 Å². The van der Waals surface area contributed by atoms with Gasteiger partial charge in [-0.3, -0.25) is 4.79 Å². The molecule has 1 rings (SSSR count). The molecule has 0 spiro atoms. The molecular weight excluding hydrogens is 240 g/mol. The second-order valence-corrected chi connectivity index (χ2v) is 4.99. The van der Waals surface area contributed by atoms with E-state index in [4.69, 9.17) is 5.11 Å². The molecule has 0 saturated carbocycles. The number of carboxylic acids is 1. The first-order valence-corrected chi connectivity index (χ1v) is 7.07. The zero-order valence-corrected chi connectivity index (χ0v) is 11.6. The molecule has 0 amide bonds. The highest BCUT2D eigenvalue weighted by Crippen LogP contribution is 2.34. The summed E-state index contributed by atoms with van der Waals surface area (Å²) in [6.45, 7) is 2.16. The van der Waals surface area contributed by atoms with Crippen LogP contribution in [0, 0.1) is 0 Å². The molecule has 2 N–H and O–H groups in total. The summed E-state index contributed by atoms with van der Waals surface area (Å²) in [5.41, 5.74) is 0.132. The Kier molecular flexibility index (Phi) is 6.57. The third-order valence-corrected chi connectivity index (χ3v) is 3.85. The van der Waals surface area contributed by atoms with Crippen molar-refractivity contribution in [1.29, 1.82) is 0 Å². The van der Waals surface area contributed by atoms with E-state index in [9.17, 15) is 9.90 Å². The molecule has 3 nitrogen and oxygen atoms in total. The first-order valence-electron chi connectivity index (χ1n) is 7.07. The van der Waals surface area contributed by atoms with Crippen molar-refractivity contribution in [3.63, 3.8) is 0 Å². The number of carboxylic acid groups (broad SMARTS) is 1. The maximum Gasteiger partial charge on any atom is 0.314 e. The number of aliphatic hydroxyl groups is 1. The van der Waals surface area contributed by atoms with E-state index in [0.29, 0.717) is 12.8 Å². The number of benzene rings is 1. The minimum atomic E-state index is -0.763. The molecule has 106 valence electrons. The van der Waals surface area contributed by atoms with Crippen LogP contribution in [0.5, 0.6) is 0 Å². The SMILES string of the molecule is CCC(CCCCCCO)(C(=O)O)c1ccccc1. The summed E-state index contributed by atoms with van der Waals surface area (Å²) in [6.07, 6.45) is 4.89. The Morgan fingerprint density at radius 3 is 2.26 bits per heavy atom. The molecule has 0 aliphatic carbocycles. The van der Waals surface area contributed by atoms with Gasteiger partial charge in [-0.15, -0.1) is 0 Å². The van der Waals surface area contributed by atoms with E-state index in [1.165, 1.54) is 0 Å². The molecule has 0 bridgehead atoms. The van der Waals surface area contributed by atoms with Crippen LogP contribution < -0.4 is 0 Å². The summed E-state index contributed by atoms with van der Waals surface area (Å²) in [5, 5.41) is 18.4. The summed E-state index contributed by atoms with van der Waals surface area (Å²) in [5.74, 6) is -0.733. The molecule has 0 saturated heterocycles. The minimum absolute atomic E-state index is 0.219. The lowest BCUT2D eigenvalue weighted by molar-refractivity contribution is -0.144. The molecule has 0 radical (unpaired) electrons. The van der Waals surface area contributed by atoms with Gasteiger partial charge in [-0.05, 0) is 24.8 Å². The Bertz CT molecular complexity index is 375. The predicted molar refractivity (Wildman–Crippen MR) is 76.2 cm³/mol. The van der Waals surface area contributed by atoms with Crippen molar-refractivity contribution >= 4 is 5.97 Å². The number of hydrogen-bond donors (Lipinski definition) is 2. The molecular formula is C16H24O3. The molecule has 0 aromatic heterocycles. The lowest BCUT2D eigenvalue weighted by Crippen LogP contribution is -2.35. The fourth-order valence-electron chi connectivity index (χ4n) is 2.56. The van der Waals surface area contributed by atoms with E-state index in [2.05, 4.69) is 0 Å². The monoisotopic (exact) mass is 264 g/mol. The molecule has 1 aromatic carbocycles. The average Bonchev–Trinajstić information content (AvgIpc) is 2.44. The lowest BCUT2D eigenvalue weighted by atomic mass is 9.74. The molecule has 1 unspecified atom stereocenters. The summed E-state index contributed by atoms with van der Waals surface area (Å²) >= 11 is 0. The highest BCUT2D eigenvalue weighted by molar-refractivity contribution is 5.81. The van der Waals surface area contributed by atoms with Gasteiger partial charge < -0.3 is 10.2 Å². The number of aliphatic carboxylic acids is 1. The third kappa shape index (κ3) is 4.06. The zero-order valence-electron chi connectivity index (χ0n) is 11.6. The first kappa shape index (κ1) is 15.7. The first-order chi connectivity index (χ1) is 9.17. The fourth-order valence-corrected chi connectivity index (χ4v) is 2.56. The van der Waals surface area contributed by atoms with Crippen LogP contribution in [0.4, 0.5) is 0 Å². The van der Waals surface area contributed by atoms with E-state index >= 15 is 0 Å². The molecule has 1 aromatic rings. The van der Waals surface area contributed by atoms with Crippen molar-refractivity contribution in [2.75, 3.05) is 6.61 Å². The second-order valence-electron chi connectivity index (χ2n) is 4.99. The Labute approximate surface area is 115 Å². The standard InChI is InChI=1S/C16H24O3/c1-2-16(15(18)19,12-8-3-4-9-13-17)14-10-6-5-7-11-14/h5-7,10-11,17H,2-4,8-9,12-13H2,1H3,(H,18,19). The molecule has 0 aliphatic rings. The fraction of sp³-hybridized carbons (Fsp3) is 0.562. The van der Waals surface area contributed by atoms with E-state index in [-0.39, 0.29) is 6.61 Å². The van der Waals surface area contributed by atoms with E-state index in [0.717, 1.165) is 31.2 Å². The number of aliphatic hydroxyl groups excluding tert-OH is 1. The van der Waals surface area contributed by atoms with Crippen LogP contribution in [0.1, 0.15) is 51.0 Å². The topological polar surface area (TPSA) is 57.5 Å². The Morgan fingerprint density at radius 2 is 1.74 bits per heavy atom. The molecule has 1 atom stereocenters. The Balaban J connectivity index is 2.74. The Hall–Kier alpha value is -1.35. The quantitative estimate of drug-likeness (QED) is 0.672. The summed E-state index contributed by atoms with van der Waals surface area (Å²) in [4.78, 5) is 11.7. The highest BCUT2D eigenvalue weighted by Gasteiger charge is 2.37. The van der Waals surface area contributed by atoms with Gasteiger partial charge in [0.1, 0.15) is 0 Å². The van der Waals surface area contributed by atoms with Crippen LogP contribution in [0.2, 0.25) is 0 Å². The van der Waals surface area contributed by atoms with Crippen molar-refractivity contribution in [3.8, 4) is 0 Å². The van der Waals surface area contributed by atoms with Crippen molar-refractivity contribution < 1.29 is 15.0 Å². The summed E-state index contributed by atoms with van der Waals surface area (Å²) in [6, 6.07) is 9.52. The summed E-state index contributed by atoms with van der Waals surface area (Å²) in [7, 11) is 0. The van der Waals surface area contributed by atoms with Gasteiger partial charge in [0, 0.05) is 6.61 Å². The van der Waals surface area contributed by atoms with Crippen molar-refractivity contribution in [2.45, 2.75) is 50.9 Å². The van der Waals surface area contributed by atoms with Gasteiger partial charge in [0.25, 0.3) is 0 Å². The molecule has 0 fully saturated rings. The highest BCUT2D eigenvalue weighted by atomic mass is 16.4. The zero-order chi connectivity index (χ0) is 14.1. The van der Waals surface area contributed by atoms with Crippen LogP contribution in [-0.4, -0.2) is 22.8 Å². The van der Waals surface area contributed by atoms with Gasteiger partial charge in [0.05, 0.1) is 5.41 Å².